The van der Waals surface area contributed by atoms with Crippen molar-refractivity contribution in [3.05, 3.63) is 59.2 Å². The SMILES string of the molecule is CC(=N)N1CCC(Oc2ccc(C(Oc3ccc4c(c3)CN(C(=N)N)CCC4)C(=O)O)cc2)C1. The van der Waals surface area contributed by atoms with Gasteiger partial charge in [0.2, 0.25) is 6.10 Å². The van der Waals surface area contributed by atoms with Gasteiger partial charge in [-0.1, -0.05) is 18.2 Å². The van der Waals surface area contributed by atoms with Gasteiger partial charge in [0.05, 0.1) is 12.4 Å². The quantitative estimate of drug-likeness (QED) is 0.380. The Labute approximate surface area is 199 Å². The topological polar surface area (TPSA) is 136 Å². The molecule has 34 heavy (non-hydrogen) atoms. The van der Waals surface area contributed by atoms with E-state index >= 15 is 0 Å². The second-order valence-corrected chi connectivity index (χ2v) is 8.81. The third-order valence-electron chi connectivity index (χ3n) is 6.34. The number of hydrogen-bond donors (Lipinski definition) is 4. The predicted molar refractivity (Wildman–Crippen MR) is 129 cm³/mol. The molecule has 0 radical (unpaired) electrons. The predicted octanol–water partition coefficient (Wildman–Crippen LogP) is 2.98. The summed E-state index contributed by atoms with van der Waals surface area (Å²) in [4.78, 5) is 15.8. The average molecular weight is 466 g/mol. The van der Waals surface area contributed by atoms with Gasteiger partial charge in [-0.15, -0.1) is 0 Å². The number of nitrogens with zero attached hydrogens (tertiary/aromatic N) is 2. The van der Waals surface area contributed by atoms with Crippen molar-refractivity contribution in [2.24, 2.45) is 5.73 Å². The first-order chi connectivity index (χ1) is 16.3. The zero-order valence-corrected chi connectivity index (χ0v) is 19.3. The minimum Gasteiger partial charge on any atom is -0.489 e. The Morgan fingerprint density at radius 2 is 1.82 bits per heavy atom. The largest absolute Gasteiger partial charge is 0.489 e. The number of aryl methyl sites for hydroxylation is 1. The van der Waals surface area contributed by atoms with Crippen LogP contribution in [0.5, 0.6) is 11.5 Å². The minimum absolute atomic E-state index is 0.00631. The number of aliphatic carboxylic acids is 1. The van der Waals surface area contributed by atoms with Crippen molar-refractivity contribution in [3.63, 3.8) is 0 Å². The number of carboxylic acids is 1. The van der Waals surface area contributed by atoms with Crippen LogP contribution in [0.25, 0.3) is 0 Å². The van der Waals surface area contributed by atoms with Gasteiger partial charge in [-0.25, -0.2) is 4.79 Å². The van der Waals surface area contributed by atoms with Gasteiger partial charge in [0.15, 0.2) is 5.96 Å². The van der Waals surface area contributed by atoms with Crippen LogP contribution in [0.4, 0.5) is 0 Å². The molecule has 4 rings (SSSR count). The summed E-state index contributed by atoms with van der Waals surface area (Å²) < 4.78 is 11.9. The van der Waals surface area contributed by atoms with Gasteiger partial charge in [-0.2, -0.15) is 0 Å². The summed E-state index contributed by atoms with van der Waals surface area (Å²) in [5.41, 5.74) is 8.36. The van der Waals surface area contributed by atoms with Crippen LogP contribution in [0.2, 0.25) is 0 Å². The van der Waals surface area contributed by atoms with Crippen LogP contribution in [0.1, 0.15) is 42.6 Å². The van der Waals surface area contributed by atoms with E-state index in [1.807, 2.05) is 17.0 Å². The van der Waals surface area contributed by atoms with E-state index in [1.165, 1.54) is 0 Å². The Bertz CT molecular complexity index is 1070. The number of guanidine groups is 1. The fraction of sp³-hybridized carbons (Fsp3) is 0.400. The molecule has 0 spiro atoms. The molecular weight excluding hydrogens is 434 g/mol. The highest BCUT2D eigenvalue weighted by atomic mass is 16.5. The van der Waals surface area contributed by atoms with Crippen molar-refractivity contribution in [2.45, 2.75) is 44.9 Å². The summed E-state index contributed by atoms with van der Waals surface area (Å²) >= 11 is 0. The van der Waals surface area contributed by atoms with Crippen molar-refractivity contribution in [3.8, 4) is 11.5 Å². The smallest absolute Gasteiger partial charge is 0.349 e. The lowest BCUT2D eigenvalue weighted by Crippen LogP contribution is -2.35. The van der Waals surface area contributed by atoms with Crippen molar-refractivity contribution in [1.82, 2.24) is 9.80 Å². The first-order valence-electron chi connectivity index (χ1n) is 11.5. The number of rotatable bonds is 6. The van der Waals surface area contributed by atoms with Crippen LogP contribution < -0.4 is 15.2 Å². The lowest BCUT2D eigenvalue weighted by Gasteiger charge is -2.21. The van der Waals surface area contributed by atoms with Gasteiger partial charge >= 0.3 is 5.97 Å². The Morgan fingerprint density at radius 1 is 1.09 bits per heavy atom. The van der Waals surface area contributed by atoms with E-state index in [4.69, 9.17) is 26.0 Å². The van der Waals surface area contributed by atoms with Crippen molar-refractivity contribution < 1.29 is 19.4 Å². The number of hydrogen-bond acceptors (Lipinski definition) is 5. The number of nitrogens with two attached hydrogens (primary N) is 1. The average Bonchev–Trinajstić information content (AvgIpc) is 3.16. The molecule has 2 aromatic carbocycles. The van der Waals surface area contributed by atoms with Gasteiger partial charge in [0.25, 0.3) is 0 Å². The maximum atomic E-state index is 12.0. The molecule has 0 aliphatic carbocycles. The van der Waals surface area contributed by atoms with Crippen LogP contribution in [-0.2, 0) is 17.8 Å². The first kappa shape index (κ1) is 23.4. The van der Waals surface area contributed by atoms with Crippen LogP contribution in [0, 0.1) is 10.8 Å². The molecule has 0 bridgehead atoms. The molecule has 5 N–H and O–H groups in total. The molecule has 2 aliphatic rings. The molecule has 2 atom stereocenters. The molecule has 0 saturated carbocycles. The third-order valence-corrected chi connectivity index (χ3v) is 6.34. The van der Waals surface area contributed by atoms with E-state index in [-0.39, 0.29) is 12.1 Å². The van der Waals surface area contributed by atoms with Crippen LogP contribution in [-0.4, -0.2) is 58.4 Å². The molecular formula is C25H31N5O4. The van der Waals surface area contributed by atoms with E-state index in [0.29, 0.717) is 42.5 Å². The van der Waals surface area contributed by atoms with E-state index in [0.717, 1.165) is 36.9 Å². The molecule has 9 heteroatoms. The molecule has 2 heterocycles. The van der Waals surface area contributed by atoms with Gasteiger partial charge in [-0.3, -0.25) is 10.8 Å². The molecule has 2 aromatic rings. The number of likely N-dealkylation sites (tertiary alicyclic amines) is 1. The highest BCUT2D eigenvalue weighted by molar-refractivity contribution is 5.76. The van der Waals surface area contributed by atoms with Crippen LogP contribution >= 0.6 is 0 Å². The summed E-state index contributed by atoms with van der Waals surface area (Å²) in [6, 6.07) is 12.6. The lowest BCUT2D eigenvalue weighted by molar-refractivity contribution is -0.145. The number of nitrogens with one attached hydrogen (secondary N) is 2. The minimum atomic E-state index is -1.16. The number of carboxylic acid groups (broad SMARTS) is 1. The Hall–Kier alpha value is -3.75. The van der Waals surface area contributed by atoms with Gasteiger partial charge in [0.1, 0.15) is 17.6 Å². The molecule has 0 aromatic heterocycles. The molecule has 1 fully saturated rings. The highest BCUT2D eigenvalue weighted by Gasteiger charge is 2.26. The summed E-state index contributed by atoms with van der Waals surface area (Å²) in [6.45, 7) is 4.47. The van der Waals surface area contributed by atoms with Gasteiger partial charge < -0.3 is 30.1 Å². The van der Waals surface area contributed by atoms with Gasteiger partial charge in [-0.05, 0) is 55.2 Å². The van der Waals surface area contributed by atoms with E-state index in [2.05, 4.69) is 0 Å². The maximum absolute atomic E-state index is 12.0. The molecule has 1 saturated heterocycles. The van der Waals surface area contributed by atoms with E-state index < -0.39 is 12.1 Å². The fourth-order valence-electron chi connectivity index (χ4n) is 4.46. The first-order valence-corrected chi connectivity index (χ1v) is 11.5. The van der Waals surface area contributed by atoms with E-state index in [1.54, 1.807) is 42.2 Å². The number of fused-ring (bicyclic) bond motifs is 1. The second kappa shape index (κ2) is 10.0. The molecule has 0 amide bonds. The second-order valence-electron chi connectivity index (χ2n) is 8.81. The fourth-order valence-corrected chi connectivity index (χ4v) is 4.46. The maximum Gasteiger partial charge on any atom is 0.349 e. The van der Waals surface area contributed by atoms with Crippen molar-refractivity contribution >= 4 is 17.8 Å². The van der Waals surface area contributed by atoms with Crippen molar-refractivity contribution in [1.29, 1.82) is 10.8 Å². The number of benzene rings is 2. The number of amidine groups is 1. The summed E-state index contributed by atoms with van der Waals surface area (Å²) in [5, 5.41) is 25.3. The lowest BCUT2D eigenvalue weighted by atomic mass is 10.0. The molecule has 9 nitrogen and oxygen atoms in total. The standard InChI is InChI=1S/C25H31N5O4/c1-16(26)29-12-10-22(15-29)33-20-7-5-18(6-8-20)23(24(31)32)34-21-9-4-17-3-2-11-30(25(27)28)14-19(17)13-21/h4-9,13,22-23,26H,2-3,10-12,14-15H2,1H3,(H3,27,28)(H,31,32). The number of ether oxygens (including phenoxy) is 2. The summed E-state index contributed by atoms with van der Waals surface area (Å²) in [5.74, 6) is 0.612. The monoisotopic (exact) mass is 465 g/mol. The van der Waals surface area contributed by atoms with Crippen LogP contribution in [0.3, 0.4) is 0 Å². The van der Waals surface area contributed by atoms with Gasteiger partial charge in [0, 0.05) is 31.6 Å². The Morgan fingerprint density at radius 3 is 2.47 bits per heavy atom. The molecule has 2 aliphatic heterocycles. The Balaban J connectivity index is 1.45. The highest BCUT2D eigenvalue weighted by Crippen LogP contribution is 2.29. The zero-order chi connectivity index (χ0) is 24.2. The summed E-state index contributed by atoms with van der Waals surface area (Å²) in [7, 11) is 0. The molecule has 2 unspecified atom stereocenters. The molecule has 180 valence electrons. The van der Waals surface area contributed by atoms with Crippen LogP contribution in [0.15, 0.2) is 42.5 Å². The zero-order valence-electron chi connectivity index (χ0n) is 19.3. The normalized spacial score (nSPS) is 18.6. The Kier molecular flexibility index (Phi) is 6.90. The van der Waals surface area contributed by atoms with Crippen molar-refractivity contribution in [2.75, 3.05) is 19.6 Å². The number of carbonyl (C=O) groups is 1. The summed E-state index contributed by atoms with van der Waals surface area (Å²) in [6.07, 6.45) is 1.47. The van der Waals surface area contributed by atoms with E-state index in [9.17, 15) is 9.90 Å². The third kappa shape index (κ3) is 5.41.